The summed E-state index contributed by atoms with van der Waals surface area (Å²) in [5, 5.41) is 11.9. The van der Waals surface area contributed by atoms with Crippen LogP contribution in [0.1, 0.15) is 18.4 Å². The number of hydrogen-bond donors (Lipinski definition) is 1. The normalized spacial score (nSPS) is 16.8. The van der Waals surface area contributed by atoms with Gasteiger partial charge in [-0.1, -0.05) is 6.07 Å². The first-order chi connectivity index (χ1) is 7.65. The lowest BCUT2D eigenvalue weighted by molar-refractivity contribution is 0.504. The molecule has 0 unspecified atom stereocenters. The SMILES string of the molecule is N#CC1(CNCc2ccc(F)c(F)c2)CC1. The zero-order valence-corrected chi connectivity index (χ0v) is 8.76. The van der Waals surface area contributed by atoms with E-state index in [-0.39, 0.29) is 5.41 Å². The van der Waals surface area contributed by atoms with Crippen molar-refractivity contribution in [2.45, 2.75) is 19.4 Å². The summed E-state index contributed by atoms with van der Waals surface area (Å²) in [5.74, 6) is -1.67. The fourth-order valence-corrected chi connectivity index (χ4v) is 1.57. The molecular weight excluding hydrogens is 210 g/mol. The second-order valence-corrected chi connectivity index (χ2v) is 4.24. The first-order valence-electron chi connectivity index (χ1n) is 5.21. The zero-order chi connectivity index (χ0) is 11.6. The highest BCUT2D eigenvalue weighted by atomic mass is 19.2. The largest absolute Gasteiger partial charge is 0.311 e. The van der Waals surface area contributed by atoms with E-state index in [0.717, 1.165) is 18.9 Å². The average molecular weight is 222 g/mol. The molecule has 1 aliphatic carbocycles. The Balaban J connectivity index is 1.86. The van der Waals surface area contributed by atoms with Gasteiger partial charge in [-0.25, -0.2) is 8.78 Å². The van der Waals surface area contributed by atoms with Gasteiger partial charge in [-0.05, 0) is 30.5 Å². The highest BCUT2D eigenvalue weighted by Crippen LogP contribution is 2.44. The maximum absolute atomic E-state index is 12.9. The highest BCUT2D eigenvalue weighted by molar-refractivity contribution is 5.18. The van der Waals surface area contributed by atoms with Gasteiger partial charge in [-0.3, -0.25) is 0 Å². The van der Waals surface area contributed by atoms with Gasteiger partial charge in [0.25, 0.3) is 0 Å². The number of nitrogens with one attached hydrogen (secondary N) is 1. The quantitative estimate of drug-likeness (QED) is 0.848. The molecule has 1 aromatic rings. The number of nitriles is 1. The van der Waals surface area contributed by atoms with Crippen molar-refractivity contribution in [3.05, 3.63) is 35.4 Å². The van der Waals surface area contributed by atoms with E-state index in [2.05, 4.69) is 11.4 Å². The number of halogens is 2. The number of benzene rings is 1. The molecule has 1 saturated carbocycles. The van der Waals surface area contributed by atoms with Crippen LogP contribution >= 0.6 is 0 Å². The summed E-state index contributed by atoms with van der Waals surface area (Å²) in [6.45, 7) is 1.07. The van der Waals surface area contributed by atoms with Crippen molar-refractivity contribution in [2.75, 3.05) is 6.54 Å². The highest BCUT2D eigenvalue weighted by Gasteiger charge is 2.42. The Labute approximate surface area is 92.9 Å². The fourth-order valence-electron chi connectivity index (χ4n) is 1.57. The molecule has 1 aliphatic rings. The van der Waals surface area contributed by atoms with Crippen LogP contribution < -0.4 is 5.32 Å². The third kappa shape index (κ3) is 2.37. The van der Waals surface area contributed by atoms with E-state index >= 15 is 0 Å². The molecule has 0 spiro atoms. The zero-order valence-electron chi connectivity index (χ0n) is 8.76. The summed E-state index contributed by atoms with van der Waals surface area (Å²) < 4.78 is 25.5. The Hall–Kier alpha value is -1.47. The summed E-state index contributed by atoms with van der Waals surface area (Å²) in [6, 6.07) is 6.09. The maximum Gasteiger partial charge on any atom is 0.159 e. The number of hydrogen-bond acceptors (Lipinski definition) is 2. The molecule has 0 saturated heterocycles. The molecule has 0 amide bonds. The van der Waals surface area contributed by atoms with Crippen LogP contribution in [0.5, 0.6) is 0 Å². The molecule has 0 atom stereocenters. The fraction of sp³-hybridized carbons (Fsp3) is 0.417. The molecule has 2 rings (SSSR count). The molecule has 2 nitrogen and oxygen atoms in total. The third-order valence-electron chi connectivity index (χ3n) is 2.87. The van der Waals surface area contributed by atoms with Gasteiger partial charge in [0, 0.05) is 13.1 Å². The van der Waals surface area contributed by atoms with Crippen LogP contribution in [0, 0.1) is 28.4 Å². The average Bonchev–Trinajstić information content (AvgIpc) is 3.04. The van der Waals surface area contributed by atoms with Crippen LogP contribution in [0.2, 0.25) is 0 Å². The predicted molar refractivity (Wildman–Crippen MR) is 55.3 cm³/mol. The van der Waals surface area contributed by atoms with Gasteiger partial charge in [0.15, 0.2) is 11.6 Å². The van der Waals surface area contributed by atoms with Crippen LogP contribution in [0.3, 0.4) is 0 Å². The van der Waals surface area contributed by atoms with E-state index < -0.39 is 11.6 Å². The van der Waals surface area contributed by atoms with Crippen molar-refractivity contribution in [1.82, 2.24) is 5.32 Å². The summed E-state index contributed by atoms with van der Waals surface area (Å²) in [4.78, 5) is 0. The van der Waals surface area contributed by atoms with Crippen LogP contribution in [-0.4, -0.2) is 6.54 Å². The molecule has 84 valence electrons. The monoisotopic (exact) mass is 222 g/mol. The van der Waals surface area contributed by atoms with E-state index in [1.54, 1.807) is 0 Å². The summed E-state index contributed by atoms with van der Waals surface area (Å²) in [7, 11) is 0. The van der Waals surface area contributed by atoms with E-state index in [9.17, 15) is 8.78 Å². The predicted octanol–water partition coefficient (Wildman–Crippen LogP) is 2.36. The Morgan fingerprint density at radius 2 is 2.06 bits per heavy atom. The standard InChI is InChI=1S/C12H12F2N2/c13-10-2-1-9(5-11(10)14)6-16-8-12(7-15)3-4-12/h1-2,5,16H,3-4,6,8H2. The van der Waals surface area contributed by atoms with Gasteiger partial charge >= 0.3 is 0 Å². The van der Waals surface area contributed by atoms with Gasteiger partial charge < -0.3 is 5.32 Å². The van der Waals surface area contributed by atoms with Crippen molar-refractivity contribution in [1.29, 1.82) is 5.26 Å². The van der Waals surface area contributed by atoms with Gasteiger partial charge in [0.05, 0.1) is 11.5 Å². The summed E-state index contributed by atoms with van der Waals surface area (Å²) in [6.07, 6.45) is 1.85. The maximum atomic E-state index is 12.9. The molecule has 0 aliphatic heterocycles. The van der Waals surface area contributed by atoms with Crippen LogP contribution in [-0.2, 0) is 6.54 Å². The van der Waals surface area contributed by atoms with Crippen molar-refractivity contribution in [3.8, 4) is 6.07 Å². The number of rotatable bonds is 4. The van der Waals surface area contributed by atoms with Crippen molar-refractivity contribution in [2.24, 2.45) is 5.41 Å². The first kappa shape index (κ1) is 11.0. The van der Waals surface area contributed by atoms with E-state index in [1.165, 1.54) is 12.1 Å². The lowest BCUT2D eigenvalue weighted by Crippen LogP contribution is -2.22. The molecule has 0 aromatic heterocycles. The lowest BCUT2D eigenvalue weighted by Gasteiger charge is -2.08. The minimum Gasteiger partial charge on any atom is -0.311 e. The molecular formula is C12H12F2N2. The Bertz CT molecular complexity index is 433. The molecule has 0 bridgehead atoms. The van der Waals surface area contributed by atoms with Crippen molar-refractivity contribution < 1.29 is 8.78 Å². The molecule has 4 heteroatoms. The summed E-state index contributed by atoms with van der Waals surface area (Å²) >= 11 is 0. The van der Waals surface area contributed by atoms with Crippen LogP contribution in [0.15, 0.2) is 18.2 Å². The third-order valence-corrected chi connectivity index (χ3v) is 2.87. The van der Waals surface area contributed by atoms with Gasteiger partial charge in [-0.15, -0.1) is 0 Å². The van der Waals surface area contributed by atoms with Crippen LogP contribution in [0.4, 0.5) is 8.78 Å². The molecule has 1 fully saturated rings. The van der Waals surface area contributed by atoms with Crippen molar-refractivity contribution in [3.63, 3.8) is 0 Å². The van der Waals surface area contributed by atoms with Gasteiger partial charge in [0.2, 0.25) is 0 Å². The Morgan fingerprint density at radius 3 is 2.62 bits per heavy atom. The minimum absolute atomic E-state index is 0.210. The second kappa shape index (κ2) is 4.18. The van der Waals surface area contributed by atoms with Gasteiger partial charge in [0.1, 0.15) is 0 Å². The van der Waals surface area contributed by atoms with Gasteiger partial charge in [-0.2, -0.15) is 5.26 Å². The van der Waals surface area contributed by atoms with Crippen LogP contribution in [0.25, 0.3) is 0 Å². The topological polar surface area (TPSA) is 35.8 Å². The van der Waals surface area contributed by atoms with E-state index in [0.29, 0.717) is 18.7 Å². The molecule has 16 heavy (non-hydrogen) atoms. The Kier molecular flexibility index (Phi) is 2.88. The first-order valence-corrected chi connectivity index (χ1v) is 5.21. The molecule has 1 aromatic carbocycles. The Morgan fingerprint density at radius 1 is 1.31 bits per heavy atom. The molecule has 1 N–H and O–H groups in total. The van der Waals surface area contributed by atoms with E-state index in [4.69, 9.17) is 5.26 Å². The smallest absolute Gasteiger partial charge is 0.159 e. The van der Waals surface area contributed by atoms with E-state index in [1.807, 2.05) is 0 Å². The summed E-state index contributed by atoms with van der Waals surface area (Å²) in [5.41, 5.74) is 0.478. The molecule has 0 radical (unpaired) electrons. The number of nitrogens with zero attached hydrogens (tertiary/aromatic N) is 1. The molecule has 0 heterocycles. The van der Waals surface area contributed by atoms with Crippen molar-refractivity contribution >= 4 is 0 Å². The minimum atomic E-state index is -0.834. The second-order valence-electron chi connectivity index (χ2n) is 4.24. The lowest BCUT2D eigenvalue weighted by atomic mass is 10.1.